The minimum absolute atomic E-state index is 1.19. The second-order valence-electron chi connectivity index (χ2n) is 5.81. The van der Waals surface area contributed by atoms with E-state index in [1.54, 1.807) is 0 Å². The van der Waals surface area contributed by atoms with E-state index in [2.05, 4.69) is 61.7 Å². The van der Waals surface area contributed by atoms with Gasteiger partial charge in [-0.15, -0.1) is 0 Å². The van der Waals surface area contributed by atoms with Gasteiger partial charge in [0.2, 0.25) is 0 Å². The molecule has 0 N–H and O–H groups in total. The van der Waals surface area contributed by atoms with E-state index in [1.807, 2.05) is 12.2 Å². The molecule has 0 aliphatic rings. The lowest BCUT2D eigenvalue weighted by atomic mass is 10.0. The molecule has 0 spiro atoms. The Morgan fingerprint density at radius 2 is 0.909 bits per heavy atom. The molecule has 0 heteroatoms. The van der Waals surface area contributed by atoms with Crippen molar-refractivity contribution in [1.29, 1.82) is 0 Å². The first-order valence-corrected chi connectivity index (χ1v) is 8.24. The van der Waals surface area contributed by atoms with Crippen LogP contribution in [0, 0.1) is 0 Å². The van der Waals surface area contributed by atoms with E-state index in [9.17, 15) is 0 Å². The van der Waals surface area contributed by atoms with Crippen LogP contribution in [-0.2, 0) is 12.8 Å². The third-order valence-electron chi connectivity index (χ3n) is 4.11. The van der Waals surface area contributed by atoms with Crippen molar-refractivity contribution in [3.05, 3.63) is 83.9 Å². The Balaban J connectivity index is 1.60. The number of hydrogen-bond acceptors (Lipinski definition) is 0. The van der Waals surface area contributed by atoms with Gasteiger partial charge in [-0.05, 0) is 47.9 Å². The van der Waals surface area contributed by atoms with Gasteiger partial charge in [-0.3, -0.25) is 0 Å². The lowest BCUT2D eigenvalue weighted by Gasteiger charge is -2.04. The minimum Gasteiger partial charge on any atom is -0.0985 e. The van der Waals surface area contributed by atoms with Crippen molar-refractivity contribution in [2.75, 3.05) is 0 Å². The second-order valence-corrected chi connectivity index (χ2v) is 5.81. The van der Waals surface area contributed by atoms with Gasteiger partial charge in [-0.25, -0.2) is 0 Å². The third kappa shape index (κ3) is 5.37. The zero-order valence-corrected chi connectivity index (χ0v) is 13.4. The monoisotopic (exact) mass is 290 g/mol. The first kappa shape index (κ1) is 16.3. The molecule has 0 heterocycles. The zero-order valence-electron chi connectivity index (χ0n) is 13.4. The maximum atomic E-state index is 3.79. The van der Waals surface area contributed by atoms with Crippen molar-refractivity contribution >= 4 is 12.2 Å². The van der Waals surface area contributed by atoms with Gasteiger partial charge in [0.1, 0.15) is 0 Å². The minimum atomic E-state index is 1.19. The van der Waals surface area contributed by atoms with Crippen molar-refractivity contribution in [3.8, 4) is 0 Å². The maximum Gasteiger partial charge on any atom is -0.0262 e. The smallest absolute Gasteiger partial charge is 0.0262 e. The molecule has 2 aromatic carbocycles. The van der Waals surface area contributed by atoms with Crippen LogP contribution in [-0.4, -0.2) is 0 Å². The van der Waals surface area contributed by atoms with Crippen LogP contribution >= 0.6 is 0 Å². The highest BCUT2D eigenvalue weighted by Gasteiger charge is 1.96. The van der Waals surface area contributed by atoms with E-state index in [-0.39, 0.29) is 0 Å². The third-order valence-corrected chi connectivity index (χ3v) is 4.11. The summed E-state index contributed by atoms with van der Waals surface area (Å²) in [5, 5.41) is 0. The average Bonchev–Trinajstić information content (AvgIpc) is 2.59. The van der Waals surface area contributed by atoms with Crippen molar-refractivity contribution in [2.24, 2.45) is 0 Å². The molecule has 2 aromatic rings. The predicted octanol–water partition coefficient (Wildman–Crippen LogP) is 6.32. The molecule has 0 aromatic heterocycles. The first-order chi connectivity index (χ1) is 10.8. The summed E-state index contributed by atoms with van der Waals surface area (Å²) in [6, 6.07) is 17.5. The highest BCUT2D eigenvalue weighted by molar-refractivity contribution is 5.47. The lowest BCUT2D eigenvalue weighted by Crippen LogP contribution is -1.89. The molecular formula is C22H26. The van der Waals surface area contributed by atoms with Crippen LogP contribution in [0.2, 0.25) is 0 Å². The van der Waals surface area contributed by atoms with Crippen molar-refractivity contribution in [2.45, 2.75) is 38.5 Å². The van der Waals surface area contributed by atoms with E-state index in [1.165, 1.54) is 60.8 Å². The van der Waals surface area contributed by atoms with Crippen LogP contribution in [0.3, 0.4) is 0 Å². The van der Waals surface area contributed by atoms with Crippen molar-refractivity contribution in [1.82, 2.24) is 0 Å². The molecule has 0 saturated carbocycles. The number of hydrogen-bond donors (Lipinski definition) is 0. The molecule has 0 fully saturated rings. The molecule has 0 aliphatic carbocycles. The zero-order chi connectivity index (χ0) is 15.6. The highest BCUT2D eigenvalue weighted by Crippen LogP contribution is 2.13. The Morgan fingerprint density at radius 3 is 1.23 bits per heavy atom. The van der Waals surface area contributed by atoms with Gasteiger partial charge < -0.3 is 0 Å². The summed E-state index contributed by atoms with van der Waals surface area (Å²) in [5.41, 5.74) is 5.27. The fourth-order valence-electron chi connectivity index (χ4n) is 2.65. The molecule has 0 radical (unpaired) electrons. The Bertz CT molecular complexity index is 517. The van der Waals surface area contributed by atoms with E-state index in [0.29, 0.717) is 0 Å². The number of rotatable bonds is 9. The summed E-state index contributed by atoms with van der Waals surface area (Å²) in [6.07, 6.45) is 11.3. The summed E-state index contributed by atoms with van der Waals surface area (Å²) in [6.45, 7) is 7.57. The summed E-state index contributed by atoms with van der Waals surface area (Å²) >= 11 is 0. The number of unbranched alkanes of at least 4 members (excludes halogenated alkanes) is 3. The Labute approximate surface area is 135 Å². The molecule has 22 heavy (non-hydrogen) atoms. The molecule has 0 nitrogen and oxygen atoms in total. The van der Waals surface area contributed by atoms with Gasteiger partial charge in [-0.1, -0.05) is 86.7 Å². The van der Waals surface area contributed by atoms with Crippen molar-refractivity contribution < 1.29 is 0 Å². The van der Waals surface area contributed by atoms with Crippen LogP contribution < -0.4 is 0 Å². The van der Waals surface area contributed by atoms with Crippen LogP contribution in [0.15, 0.2) is 61.7 Å². The summed E-state index contributed by atoms with van der Waals surface area (Å²) in [5.74, 6) is 0. The number of benzene rings is 2. The fraction of sp³-hybridized carbons (Fsp3) is 0.273. The summed E-state index contributed by atoms with van der Waals surface area (Å²) < 4.78 is 0. The van der Waals surface area contributed by atoms with Crippen LogP contribution in [0.5, 0.6) is 0 Å². The van der Waals surface area contributed by atoms with E-state index in [4.69, 9.17) is 0 Å². The Hall–Kier alpha value is -2.08. The SMILES string of the molecule is C=Cc1ccc(CCCCCCc2ccc(C=C)cc2)cc1. The van der Waals surface area contributed by atoms with Crippen LogP contribution in [0.1, 0.15) is 47.9 Å². The Morgan fingerprint density at radius 1 is 0.545 bits per heavy atom. The normalized spacial score (nSPS) is 10.4. The first-order valence-electron chi connectivity index (χ1n) is 8.24. The maximum absolute atomic E-state index is 3.79. The van der Waals surface area contributed by atoms with E-state index in [0.717, 1.165) is 0 Å². The predicted molar refractivity (Wildman–Crippen MR) is 98.9 cm³/mol. The van der Waals surface area contributed by atoms with Gasteiger partial charge in [0, 0.05) is 0 Å². The fourth-order valence-corrected chi connectivity index (χ4v) is 2.65. The van der Waals surface area contributed by atoms with E-state index < -0.39 is 0 Å². The lowest BCUT2D eigenvalue weighted by molar-refractivity contribution is 0.640. The average molecular weight is 290 g/mol. The van der Waals surface area contributed by atoms with Gasteiger partial charge in [0.25, 0.3) is 0 Å². The molecule has 2 rings (SSSR count). The summed E-state index contributed by atoms with van der Waals surface area (Å²) in [4.78, 5) is 0. The van der Waals surface area contributed by atoms with Crippen LogP contribution in [0.25, 0.3) is 12.2 Å². The summed E-state index contributed by atoms with van der Waals surface area (Å²) in [7, 11) is 0. The van der Waals surface area contributed by atoms with Crippen molar-refractivity contribution in [3.63, 3.8) is 0 Å². The molecule has 0 aliphatic heterocycles. The van der Waals surface area contributed by atoms with E-state index >= 15 is 0 Å². The van der Waals surface area contributed by atoms with Gasteiger partial charge in [0.15, 0.2) is 0 Å². The topological polar surface area (TPSA) is 0 Å². The molecular weight excluding hydrogens is 264 g/mol. The Kier molecular flexibility index (Phi) is 6.70. The number of aryl methyl sites for hydroxylation is 2. The molecule has 0 saturated heterocycles. The molecule has 0 unspecified atom stereocenters. The second kappa shape index (κ2) is 9.04. The van der Waals surface area contributed by atoms with Crippen LogP contribution in [0.4, 0.5) is 0 Å². The highest BCUT2D eigenvalue weighted by atomic mass is 14.0. The van der Waals surface area contributed by atoms with Gasteiger partial charge in [0.05, 0.1) is 0 Å². The van der Waals surface area contributed by atoms with Gasteiger partial charge in [-0.2, -0.15) is 0 Å². The molecule has 114 valence electrons. The molecule has 0 atom stereocenters. The quantitative estimate of drug-likeness (QED) is 0.474. The standard InChI is InChI=1S/C22H26/c1-3-19-11-15-21(16-12-19)9-7-5-6-8-10-22-17-13-20(4-2)14-18-22/h3-4,11-18H,1-2,5-10H2. The molecule has 0 amide bonds. The van der Waals surface area contributed by atoms with Gasteiger partial charge >= 0.3 is 0 Å². The largest absolute Gasteiger partial charge is 0.0985 e. The molecule has 0 bridgehead atoms.